The first-order valence-corrected chi connectivity index (χ1v) is 33.3. The summed E-state index contributed by atoms with van der Waals surface area (Å²) in [4.78, 5) is 108. The second-order valence-corrected chi connectivity index (χ2v) is 25.0. The molecule has 1 amide bonds. The molecule has 9 aromatic rings. The molecule has 30 nitrogen and oxygen atoms in total. The molecule has 3 N–H and O–H groups in total. The van der Waals surface area contributed by atoms with Gasteiger partial charge in [0.25, 0.3) is 0 Å². The monoisotopic (exact) mass is 1350 g/mol. The van der Waals surface area contributed by atoms with Crippen molar-refractivity contribution in [1.29, 1.82) is 0 Å². The number of likely N-dealkylation sites (tertiary alicyclic amines) is 3. The Hall–Kier alpha value is -10.3. The van der Waals surface area contributed by atoms with Gasteiger partial charge in [-0.15, -0.1) is 0 Å². The van der Waals surface area contributed by atoms with Crippen LogP contribution < -0.4 is 20.1 Å². The van der Waals surface area contributed by atoms with Crippen LogP contribution in [-0.4, -0.2) is 202 Å². The summed E-state index contributed by atoms with van der Waals surface area (Å²) < 4.78 is 28.7. The Bertz CT molecular complexity index is 4180. The molecule has 0 spiro atoms. The van der Waals surface area contributed by atoms with Crippen molar-refractivity contribution in [3.63, 3.8) is 0 Å². The van der Waals surface area contributed by atoms with Gasteiger partial charge in [-0.1, -0.05) is 6.07 Å². The van der Waals surface area contributed by atoms with Crippen LogP contribution in [0.5, 0.6) is 11.5 Å². The number of imidazole rings is 4. The van der Waals surface area contributed by atoms with E-state index < -0.39 is 11.9 Å². The summed E-state index contributed by atoms with van der Waals surface area (Å²) in [6, 6.07) is 13.1. The van der Waals surface area contributed by atoms with Gasteiger partial charge in [-0.3, -0.25) is 52.1 Å². The Morgan fingerprint density at radius 2 is 0.919 bits per heavy atom. The number of carbonyl (C=O) groups excluding carboxylic acids is 3. The zero-order valence-corrected chi connectivity index (χ0v) is 57.2. The van der Waals surface area contributed by atoms with Crippen LogP contribution in [0.15, 0.2) is 117 Å². The van der Waals surface area contributed by atoms with Crippen LogP contribution >= 0.6 is 0 Å². The maximum Gasteiger partial charge on any atom is 0.310 e. The number of hydrogen-bond donors (Lipinski definition) is 3. The predicted octanol–water partition coefficient (Wildman–Crippen LogP) is 5.85. The molecule has 0 bridgehead atoms. The molecule has 14 rings (SSSR count). The van der Waals surface area contributed by atoms with Gasteiger partial charge in [-0.2, -0.15) is 0 Å². The highest BCUT2D eigenvalue weighted by atomic mass is 16.6. The number of aryl methyl sites for hydroxylation is 4. The van der Waals surface area contributed by atoms with Crippen molar-refractivity contribution in [2.24, 2.45) is 23.7 Å². The second-order valence-electron chi connectivity index (χ2n) is 25.0. The lowest BCUT2D eigenvalue weighted by Crippen LogP contribution is -2.36. The fourth-order valence-electron chi connectivity index (χ4n) is 13.3. The standard InChI is InChI=1S/C24H28N6O3.C16H21N5O2.C15H19N5O2.C14H17N5O2/c1-16-13-19(28-24(27-16)30-10-8-25-15-30)22-18(6-9-29(22)2)23(31)26-7-5-17-3-4-20-21(14-17)33-12-11-32-20;1-4-23-15(22)12-5-7-20(3)14(12)13-9-11(2)18-16(19-13)21-8-6-17-10-21;1-3-22-14(21)11-4-5-17-13(11)12-8-10(2)18-15(19-12)20-7-6-16-9-20;1-9-7-11(12-10(13(20)21)3-5-18(12)2)17-14(16-9)19-6-4-15-8-19/h3-4,8,10,13-15,18,22H,5-7,9,11-12H2,1-2H3,(H,26,31);6,8-10,12,14H,4-5,7H2,1-3H3;6-9,11,13,17H,3-5H2,1-2H3;4,6-8,10,12H,3,5H2,1-2H3,(H,20,21). The van der Waals surface area contributed by atoms with E-state index in [0.29, 0.717) is 63.2 Å². The topological polar surface area (TPSA) is 334 Å². The van der Waals surface area contributed by atoms with Crippen LogP contribution in [0.1, 0.15) is 115 Å². The zero-order chi connectivity index (χ0) is 69.7. The molecule has 520 valence electrons. The Morgan fingerprint density at radius 3 is 1.36 bits per heavy atom. The lowest BCUT2D eigenvalue weighted by molar-refractivity contribution is -0.149. The molecule has 5 aliphatic heterocycles. The number of hydrogen-bond acceptors (Lipinski definition) is 24. The van der Waals surface area contributed by atoms with Crippen LogP contribution in [0.25, 0.3) is 23.8 Å². The average Bonchev–Trinajstić information content (AvgIpc) is 1.72. The number of fused-ring (bicyclic) bond motifs is 1. The van der Waals surface area contributed by atoms with E-state index in [0.717, 1.165) is 114 Å². The lowest BCUT2D eigenvalue weighted by Gasteiger charge is -2.24. The first kappa shape index (κ1) is 70.0. The van der Waals surface area contributed by atoms with Crippen LogP contribution in [-0.2, 0) is 35.1 Å². The van der Waals surface area contributed by atoms with E-state index in [-0.39, 0.29) is 59.8 Å². The van der Waals surface area contributed by atoms with E-state index in [9.17, 15) is 24.3 Å². The summed E-state index contributed by atoms with van der Waals surface area (Å²) in [5.41, 5.74) is 7.76. The minimum absolute atomic E-state index is 0.0577. The molecule has 30 heteroatoms. The molecule has 4 fully saturated rings. The van der Waals surface area contributed by atoms with Crippen LogP contribution in [0.2, 0.25) is 0 Å². The lowest BCUT2D eigenvalue weighted by atomic mass is 9.96. The molecule has 0 saturated carbocycles. The van der Waals surface area contributed by atoms with Crippen molar-refractivity contribution >= 4 is 23.8 Å². The second kappa shape index (κ2) is 32.4. The molecule has 5 aliphatic rings. The summed E-state index contributed by atoms with van der Waals surface area (Å²) >= 11 is 0. The fourth-order valence-corrected chi connectivity index (χ4v) is 13.3. The molecular formula is C69H85N21O9. The molecule has 8 atom stereocenters. The number of carboxylic acid groups (broad SMARTS) is 1. The molecule has 99 heavy (non-hydrogen) atoms. The predicted molar refractivity (Wildman–Crippen MR) is 360 cm³/mol. The number of rotatable bonds is 17. The van der Waals surface area contributed by atoms with Gasteiger partial charge in [0.1, 0.15) is 38.5 Å². The van der Waals surface area contributed by atoms with E-state index >= 15 is 0 Å². The van der Waals surface area contributed by atoms with Crippen molar-refractivity contribution in [2.45, 2.75) is 97.8 Å². The van der Waals surface area contributed by atoms with Gasteiger partial charge >= 0.3 is 17.9 Å². The number of nitrogens with one attached hydrogen (secondary N) is 2. The van der Waals surface area contributed by atoms with Crippen LogP contribution in [0, 0.1) is 51.4 Å². The van der Waals surface area contributed by atoms with E-state index in [1.54, 1.807) is 87.0 Å². The minimum atomic E-state index is -0.773. The number of nitrogens with zero attached hydrogens (tertiary/aromatic N) is 19. The number of benzene rings is 1. The number of ether oxygens (including phenoxy) is 4. The number of carboxylic acids is 1. The molecule has 0 aliphatic carbocycles. The third-order valence-corrected chi connectivity index (χ3v) is 17.9. The Balaban J connectivity index is 0.000000136. The molecule has 4 saturated heterocycles. The summed E-state index contributed by atoms with van der Waals surface area (Å²) in [7, 11) is 5.99. The van der Waals surface area contributed by atoms with E-state index in [1.807, 2.05) is 116 Å². The highest BCUT2D eigenvalue weighted by Gasteiger charge is 2.42. The molecular weight excluding hydrogens is 1270 g/mol. The third kappa shape index (κ3) is 17.0. The molecule has 13 heterocycles. The number of amides is 1. The minimum Gasteiger partial charge on any atom is -0.486 e. The number of aliphatic carboxylic acids is 1. The quantitative estimate of drug-likeness (QED) is 0.0900. The smallest absolute Gasteiger partial charge is 0.310 e. The zero-order valence-electron chi connectivity index (χ0n) is 57.2. The van der Waals surface area contributed by atoms with Gasteiger partial charge < -0.3 is 34.7 Å². The molecule has 0 radical (unpaired) electrons. The van der Waals surface area contributed by atoms with E-state index in [2.05, 4.69) is 75.3 Å². The largest absolute Gasteiger partial charge is 0.486 e. The first-order chi connectivity index (χ1) is 47.9. The fraction of sp³-hybridized carbons (Fsp3) is 0.449. The first-order valence-electron chi connectivity index (χ1n) is 33.3. The van der Waals surface area contributed by atoms with E-state index in [4.69, 9.17) is 23.9 Å². The van der Waals surface area contributed by atoms with Crippen molar-refractivity contribution in [2.75, 3.05) is 80.3 Å². The van der Waals surface area contributed by atoms with Gasteiger partial charge in [0.2, 0.25) is 29.7 Å². The number of carbonyl (C=O) groups is 4. The highest BCUT2D eigenvalue weighted by Crippen LogP contribution is 2.39. The Labute approximate surface area is 573 Å². The van der Waals surface area contributed by atoms with Gasteiger partial charge in [-0.25, -0.2) is 59.8 Å². The SMILES string of the molecule is CCOC(=O)C1CCN(C)C1c1cc(C)nc(-n2ccnc2)n1.CCOC(=O)C1CCNC1c1cc(C)nc(-n2ccnc2)n1.Cc1cc(C2C(C(=O)NCCc3ccc4c(c3)OCCO4)CCN2C)nc(-n2ccnc2)n1.Cc1cc(C2C(C(=O)O)CCN2C)nc(-n2ccnc2)n1. The Morgan fingerprint density at radius 1 is 0.515 bits per heavy atom. The third-order valence-electron chi connectivity index (χ3n) is 17.9. The van der Waals surface area contributed by atoms with Gasteiger partial charge in [-0.05, 0) is 163 Å². The van der Waals surface area contributed by atoms with Gasteiger partial charge in [0.15, 0.2) is 11.5 Å². The highest BCUT2D eigenvalue weighted by molar-refractivity contribution is 5.80. The number of aromatic nitrogens is 16. The number of esters is 2. The maximum absolute atomic E-state index is 13.2. The van der Waals surface area contributed by atoms with Crippen molar-refractivity contribution in [3.8, 4) is 35.3 Å². The van der Waals surface area contributed by atoms with Crippen LogP contribution in [0.4, 0.5) is 0 Å². The van der Waals surface area contributed by atoms with E-state index in [1.165, 1.54) is 0 Å². The van der Waals surface area contributed by atoms with Crippen molar-refractivity contribution in [3.05, 3.63) is 168 Å². The van der Waals surface area contributed by atoms with Crippen molar-refractivity contribution < 1.29 is 43.2 Å². The summed E-state index contributed by atoms with van der Waals surface area (Å²) in [6.45, 7) is 17.0. The summed E-state index contributed by atoms with van der Waals surface area (Å²) in [6.07, 6.45) is 24.2. The maximum atomic E-state index is 13.2. The molecule has 8 unspecified atom stereocenters. The van der Waals surface area contributed by atoms with Gasteiger partial charge in [0.05, 0.1) is 83.8 Å². The summed E-state index contributed by atoms with van der Waals surface area (Å²) in [5.74, 6) is 1.75. The molecule has 1 aromatic carbocycles. The average molecular weight is 1350 g/mol. The van der Waals surface area contributed by atoms with Gasteiger partial charge in [0, 0.05) is 78.9 Å². The van der Waals surface area contributed by atoms with Crippen molar-refractivity contribution in [1.82, 2.24) is 103 Å². The Kier molecular flexibility index (Phi) is 22.9. The normalized spacial score (nSPS) is 21.1. The molecule has 8 aromatic heterocycles. The van der Waals surface area contributed by atoms with Crippen LogP contribution in [0.3, 0.4) is 0 Å². The summed E-state index contributed by atoms with van der Waals surface area (Å²) in [5, 5.41) is 15.9.